The second-order valence-electron chi connectivity index (χ2n) is 9.13. The van der Waals surface area contributed by atoms with E-state index in [0.717, 1.165) is 43.5 Å². The van der Waals surface area contributed by atoms with Crippen molar-refractivity contribution in [3.05, 3.63) is 57.6 Å². The van der Waals surface area contributed by atoms with Crippen LogP contribution >= 0.6 is 0 Å². The zero-order valence-corrected chi connectivity index (χ0v) is 20.7. The summed E-state index contributed by atoms with van der Waals surface area (Å²) in [4.78, 5) is 0. The first-order valence-electron chi connectivity index (χ1n) is 12.8. The van der Waals surface area contributed by atoms with Crippen molar-refractivity contribution in [3.63, 3.8) is 0 Å². The SMILES string of the molecule is CCCCc1c(N)ccc(Cc2ccc(N)c(CCCC)c2CCCC)c1CCCC. The van der Waals surface area contributed by atoms with E-state index in [2.05, 4.69) is 52.0 Å². The fraction of sp³-hybridized carbons (Fsp3) is 0.586. The Morgan fingerprint density at radius 1 is 0.484 bits per heavy atom. The van der Waals surface area contributed by atoms with E-state index in [1.807, 2.05) is 0 Å². The van der Waals surface area contributed by atoms with E-state index in [1.54, 1.807) is 0 Å². The van der Waals surface area contributed by atoms with Crippen molar-refractivity contribution in [1.29, 1.82) is 0 Å². The summed E-state index contributed by atoms with van der Waals surface area (Å²) in [5.74, 6) is 0. The molecule has 0 heterocycles. The van der Waals surface area contributed by atoms with Crippen LogP contribution in [0, 0.1) is 0 Å². The highest BCUT2D eigenvalue weighted by Gasteiger charge is 2.16. The van der Waals surface area contributed by atoms with Crippen LogP contribution in [0.25, 0.3) is 0 Å². The zero-order valence-electron chi connectivity index (χ0n) is 20.7. The number of rotatable bonds is 14. The predicted octanol–water partition coefficient (Wildman–Crippen LogP) is 7.81. The van der Waals surface area contributed by atoms with Gasteiger partial charge < -0.3 is 11.5 Å². The molecule has 2 nitrogen and oxygen atoms in total. The highest BCUT2D eigenvalue weighted by Crippen LogP contribution is 2.31. The molecule has 172 valence electrons. The Kier molecular flexibility index (Phi) is 11.0. The minimum atomic E-state index is 0.982. The van der Waals surface area contributed by atoms with Crippen molar-refractivity contribution < 1.29 is 0 Å². The van der Waals surface area contributed by atoms with E-state index < -0.39 is 0 Å². The minimum absolute atomic E-state index is 0.982. The third kappa shape index (κ3) is 7.02. The second-order valence-corrected chi connectivity index (χ2v) is 9.13. The van der Waals surface area contributed by atoms with E-state index in [9.17, 15) is 0 Å². The van der Waals surface area contributed by atoms with Gasteiger partial charge in [0.2, 0.25) is 0 Å². The third-order valence-electron chi connectivity index (χ3n) is 6.63. The first-order chi connectivity index (χ1) is 15.1. The van der Waals surface area contributed by atoms with Gasteiger partial charge in [-0.15, -0.1) is 0 Å². The molecule has 2 heteroatoms. The zero-order chi connectivity index (χ0) is 22.6. The van der Waals surface area contributed by atoms with Gasteiger partial charge in [0, 0.05) is 11.4 Å². The molecule has 0 bridgehead atoms. The van der Waals surface area contributed by atoms with Gasteiger partial charge in [0.1, 0.15) is 0 Å². The fourth-order valence-electron chi connectivity index (χ4n) is 4.68. The predicted molar refractivity (Wildman–Crippen MR) is 139 cm³/mol. The number of benzene rings is 2. The Balaban J connectivity index is 2.50. The third-order valence-corrected chi connectivity index (χ3v) is 6.63. The molecule has 0 radical (unpaired) electrons. The number of hydrogen-bond acceptors (Lipinski definition) is 2. The number of nitrogen functional groups attached to an aromatic ring is 2. The lowest BCUT2D eigenvalue weighted by molar-refractivity contribution is 0.747. The van der Waals surface area contributed by atoms with Crippen LogP contribution in [0.2, 0.25) is 0 Å². The molecule has 0 saturated carbocycles. The molecule has 2 aromatic carbocycles. The maximum Gasteiger partial charge on any atom is 0.0349 e. The van der Waals surface area contributed by atoms with Crippen LogP contribution in [-0.4, -0.2) is 0 Å². The van der Waals surface area contributed by atoms with Crippen molar-refractivity contribution >= 4 is 11.4 Å². The van der Waals surface area contributed by atoms with E-state index >= 15 is 0 Å². The molecule has 0 aliphatic rings. The van der Waals surface area contributed by atoms with Gasteiger partial charge in [-0.3, -0.25) is 0 Å². The maximum absolute atomic E-state index is 6.47. The van der Waals surface area contributed by atoms with Gasteiger partial charge in [-0.1, -0.05) is 65.5 Å². The normalized spacial score (nSPS) is 11.2. The lowest BCUT2D eigenvalue weighted by Gasteiger charge is -2.21. The Bertz CT molecular complexity index is 739. The van der Waals surface area contributed by atoms with E-state index in [-0.39, 0.29) is 0 Å². The van der Waals surface area contributed by atoms with Gasteiger partial charge in [-0.05, 0) is 103 Å². The molecule has 0 aliphatic heterocycles. The van der Waals surface area contributed by atoms with Crippen LogP contribution in [0.3, 0.4) is 0 Å². The summed E-state index contributed by atoms with van der Waals surface area (Å²) in [6.07, 6.45) is 15.2. The Morgan fingerprint density at radius 3 is 1.13 bits per heavy atom. The maximum atomic E-state index is 6.47. The summed E-state index contributed by atoms with van der Waals surface area (Å²) in [6, 6.07) is 8.89. The number of hydrogen-bond donors (Lipinski definition) is 2. The van der Waals surface area contributed by atoms with E-state index in [4.69, 9.17) is 11.5 Å². The van der Waals surface area contributed by atoms with Gasteiger partial charge in [-0.25, -0.2) is 0 Å². The molecule has 4 N–H and O–H groups in total. The molecule has 0 aliphatic carbocycles. The molecule has 2 rings (SSSR count). The topological polar surface area (TPSA) is 52.0 Å². The average molecular weight is 423 g/mol. The average Bonchev–Trinajstić information content (AvgIpc) is 2.77. The van der Waals surface area contributed by atoms with Gasteiger partial charge >= 0.3 is 0 Å². The van der Waals surface area contributed by atoms with Gasteiger partial charge in [0.15, 0.2) is 0 Å². The molecule has 31 heavy (non-hydrogen) atoms. The molecule has 0 spiro atoms. The Hall–Kier alpha value is -1.96. The quantitative estimate of drug-likeness (QED) is 0.305. The highest BCUT2D eigenvalue weighted by molar-refractivity contribution is 5.58. The standard InChI is InChI=1S/C29H46N2/c1-5-9-13-24-22(17-19-28(30)26(24)15-11-7-3)21-23-18-20-29(31)27(16-12-8-4)25(23)14-10-6-2/h17-20H,5-16,21,30-31H2,1-4H3. The molecule has 0 aromatic heterocycles. The van der Waals surface area contributed by atoms with Gasteiger partial charge in [0.05, 0.1) is 0 Å². The summed E-state index contributed by atoms with van der Waals surface area (Å²) < 4.78 is 0. The first-order valence-corrected chi connectivity index (χ1v) is 12.8. The summed E-state index contributed by atoms with van der Waals surface area (Å²) >= 11 is 0. The lowest BCUT2D eigenvalue weighted by atomic mass is 9.85. The van der Waals surface area contributed by atoms with E-state index in [0.29, 0.717) is 0 Å². The lowest BCUT2D eigenvalue weighted by Crippen LogP contribution is -2.09. The first kappa shape index (κ1) is 25.3. The van der Waals surface area contributed by atoms with E-state index in [1.165, 1.54) is 84.7 Å². The molecule has 0 fully saturated rings. The second kappa shape index (κ2) is 13.5. The number of unbranched alkanes of at least 4 members (excludes halogenated alkanes) is 4. The number of anilines is 2. The summed E-state index contributed by atoms with van der Waals surface area (Å²) in [6.45, 7) is 9.08. The van der Waals surface area contributed by atoms with Crippen molar-refractivity contribution in [2.75, 3.05) is 11.5 Å². The Labute approximate surface area is 191 Å². The summed E-state index contributed by atoms with van der Waals surface area (Å²) in [5, 5.41) is 0. The largest absolute Gasteiger partial charge is 0.398 e. The smallest absolute Gasteiger partial charge is 0.0349 e. The monoisotopic (exact) mass is 422 g/mol. The molecule has 2 aromatic rings. The molecule has 0 amide bonds. The highest BCUT2D eigenvalue weighted by atomic mass is 14.6. The Morgan fingerprint density at radius 2 is 0.806 bits per heavy atom. The van der Waals surface area contributed by atoms with Gasteiger partial charge in [0.25, 0.3) is 0 Å². The molecule has 0 unspecified atom stereocenters. The molecular formula is C29H46N2. The van der Waals surface area contributed by atoms with Crippen molar-refractivity contribution in [1.82, 2.24) is 0 Å². The summed E-state index contributed by atoms with van der Waals surface area (Å²) in [7, 11) is 0. The molecular weight excluding hydrogens is 376 g/mol. The van der Waals surface area contributed by atoms with Crippen molar-refractivity contribution in [2.45, 2.75) is 111 Å². The summed E-state index contributed by atoms with van der Waals surface area (Å²) in [5.41, 5.74) is 23.7. The molecule has 0 atom stereocenters. The van der Waals surface area contributed by atoms with Crippen LogP contribution in [0.5, 0.6) is 0 Å². The van der Waals surface area contributed by atoms with Crippen LogP contribution in [0.1, 0.15) is 112 Å². The minimum Gasteiger partial charge on any atom is -0.398 e. The van der Waals surface area contributed by atoms with Gasteiger partial charge in [-0.2, -0.15) is 0 Å². The van der Waals surface area contributed by atoms with Crippen molar-refractivity contribution in [2.24, 2.45) is 0 Å². The van der Waals surface area contributed by atoms with Crippen LogP contribution in [0.4, 0.5) is 11.4 Å². The van der Waals surface area contributed by atoms with Crippen LogP contribution in [-0.2, 0) is 32.1 Å². The van der Waals surface area contributed by atoms with Crippen molar-refractivity contribution in [3.8, 4) is 0 Å². The van der Waals surface area contributed by atoms with Crippen LogP contribution in [0.15, 0.2) is 24.3 Å². The fourth-order valence-corrected chi connectivity index (χ4v) is 4.68. The van der Waals surface area contributed by atoms with Crippen LogP contribution < -0.4 is 11.5 Å². The molecule has 0 saturated heterocycles. The number of nitrogens with two attached hydrogens (primary N) is 2.